The number of ether oxygens (including phenoxy) is 1. The van der Waals surface area contributed by atoms with E-state index in [0.717, 1.165) is 14.6 Å². The van der Waals surface area contributed by atoms with E-state index in [2.05, 4.69) is 41.9 Å². The number of cyclic esters (lactones) is 1. The number of benzene rings is 1. The summed E-state index contributed by atoms with van der Waals surface area (Å²) >= 11 is 6.65. The number of hydrogen-bond donors (Lipinski definition) is 1. The summed E-state index contributed by atoms with van der Waals surface area (Å²) in [4.78, 5) is 10.8. The summed E-state index contributed by atoms with van der Waals surface area (Å²) in [5.74, 6) is -4.80. The van der Waals surface area contributed by atoms with Crippen molar-refractivity contribution in [3.8, 4) is 0 Å². The lowest BCUT2D eigenvalue weighted by molar-refractivity contribution is -0.158. The maximum Gasteiger partial charge on any atom is 0.377 e. The van der Waals surface area contributed by atoms with E-state index in [-0.39, 0.29) is 6.54 Å². The Labute approximate surface area is 119 Å². The molecule has 1 aliphatic heterocycles. The lowest BCUT2D eigenvalue weighted by Crippen LogP contribution is -2.22. The molecule has 1 heterocycles. The van der Waals surface area contributed by atoms with E-state index < -0.39 is 24.4 Å². The van der Waals surface area contributed by atoms with E-state index >= 15 is 0 Å². The highest BCUT2D eigenvalue weighted by Crippen LogP contribution is 2.32. The Kier molecular flexibility index (Phi) is 3.91. The van der Waals surface area contributed by atoms with E-state index in [4.69, 9.17) is 0 Å². The molecule has 1 aromatic rings. The van der Waals surface area contributed by atoms with Crippen LogP contribution in [0.3, 0.4) is 0 Å². The van der Waals surface area contributed by atoms with E-state index in [1.165, 1.54) is 0 Å². The normalized spacial score (nSPS) is 21.8. The molecule has 3 nitrogen and oxygen atoms in total. The second kappa shape index (κ2) is 5.13. The average Bonchev–Trinajstić information content (AvgIpc) is 2.54. The summed E-state index contributed by atoms with van der Waals surface area (Å²) < 4.78 is 32.1. The van der Waals surface area contributed by atoms with Crippen molar-refractivity contribution < 1.29 is 18.3 Å². The molecule has 1 saturated heterocycles. The lowest BCUT2D eigenvalue weighted by Gasteiger charge is -2.12. The van der Waals surface area contributed by atoms with Gasteiger partial charge in [-0.3, -0.25) is 0 Å². The molecular weight excluding hydrogens is 376 g/mol. The molecular formula is C11H9Br2F2NO2. The second-order valence-electron chi connectivity index (χ2n) is 3.94. The highest BCUT2D eigenvalue weighted by Gasteiger charge is 2.50. The Balaban J connectivity index is 1.97. The van der Waals surface area contributed by atoms with Crippen molar-refractivity contribution in [2.45, 2.75) is 18.4 Å². The van der Waals surface area contributed by atoms with Crippen LogP contribution < -0.4 is 5.32 Å². The largest absolute Gasteiger partial charge is 0.456 e. The van der Waals surface area contributed by atoms with Crippen molar-refractivity contribution in [1.29, 1.82) is 0 Å². The van der Waals surface area contributed by atoms with Crippen LogP contribution in [-0.4, -0.2) is 24.5 Å². The average molecular weight is 385 g/mol. The van der Waals surface area contributed by atoms with Gasteiger partial charge in [-0.05, 0) is 34.1 Å². The second-order valence-corrected chi connectivity index (χ2v) is 5.71. The predicted molar refractivity (Wildman–Crippen MR) is 69.8 cm³/mol. The fraction of sp³-hybridized carbons (Fsp3) is 0.364. The fourth-order valence-electron chi connectivity index (χ4n) is 1.62. The Morgan fingerprint density at radius 3 is 2.78 bits per heavy atom. The van der Waals surface area contributed by atoms with Crippen molar-refractivity contribution >= 4 is 43.5 Å². The van der Waals surface area contributed by atoms with Crippen LogP contribution >= 0.6 is 31.9 Å². The smallest absolute Gasteiger partial charge is 0.377 e. The van der Waals surface area contributed by atoms with E-state index in [9.17, 15) is 13.6 Å². The zero-order chi connectivity index (χ0) is 13.3. The first-order valence-electron chi connectivity index (χ1n) is 5.16. The van der Waals surface area contributed by atoms with Gasteiger partial charge in [-0.25, -0.2) is 4.79 Å². The minimum absolute atomic E-state index is 0.149. The minimum atomic E-state index is -3.36. The number of esters is 1. The molecule has 0 aromatic heterocycles. The minimum Gasteiger partial charge on any atom is -0.456 e. The summed E-state index contributed by atoms with van der Waals surface area (Å²) in [7, 11) is 0. The topological polar surface area (TPSA) is 38.3 Å². The Morgan fingerprint density at radius 1 is 1.44 bits per heavy atom. The molecule has 1 fully saturated rings. The van der Waals surface area contributed by atoms with Gasteiger partial charge in [0.1, 0.15) is 6.10 Å². The highest BCUT2D eigenvalue weighted by molar-refractivity contribution is 9.11. The van der Waals surface area contributed by atoms with Crippen LogP contribution in [0.2, 0.25) is 0 Å². The molecule has 1 unspecified atom stereocenters. The van der Waals surface area contributed by atoms with Gasteiger partial charge in [0.25, 0.3) is 0 Å². The van der Waals surface area contributed by atoms with Crippen molar-refractivity contribution in [3.63, 3.8) is 0 Å². The van der Waals surface area contributed by atoms with Gasteiger partial charge in [-0.1, -0.05) is 15.9 Å². The van der Waals surface area contributed by atoms with Crippen LogP contribution in [0.1, 0.15) is 6.42 Å². The summed E-state index contributed by atoms with van der Waals surface area (Å²) in [6, 6.07) is 5.47. The first kappa shape index (κ1) is 13.7. The maximum atomic E-state index is 12.9. The van der Waals surface area contributed by atoms with Crippen molar-refractivity contribution in [1.82, 2.24) is 0 Å². The number of rotatable bonds is 3. The Hall–Kier alpha value is -0.690. The molecule has 2 rings (SSSR count). The van der Waals surface area contributed by atoms with Gasteiger partial charge >= 0.3 is 11.9 Å². The molecule has 1 aromatic carbocycles. The lowest BCUT2D eigenvalue weighted by atomic mass is 10.2. The van der Waals surface area contributed by atoms with Crippen LogP contribution in [0, 0.1) is 0 Å². The van der Waals surface area contributed by atoms with E-state index in [1.807, 2.05) is 12.1 Å². The third-order valence-electron chi connectivity index (χ3n) is 2.50. The molecule has 7 heteroatoms. The van der Waals surface area contributed by atoms with Crippen molar-refractivity contribution in [3.05, 3.63) is 27.1 Å². The van der Waals surface area contributed by atoms with Gasteiger partial charge in [0.05, 0.1) is 13.0 Å². The molecule has 18 heavy (non-hydrogen) atoms. The number of carbonyl (C=O) groups is 1. The van der Waals surface area contributed by atoms with Crippen LogP contribution in [0.15, 0.2) is 27.1 Å². The van der Waals surface area contributed by atoms with Crippen LogP contribution in [0.4, 0.5) is 14.5 Å². The molecule has 0 radical (unpaired) electrons. The number of carbonyl (C=O) groups excluding carboxylic acids is 1. The number of anilines is 1. The number of nitrogens with one attached hydrogen (secondary N) is 1. The van der Waals surface area contributed by atoms with Crippen LogP contribution in [0.5, 0.6) is 0 Å². The van der Waals surface area contributed by atoms with Crippen LogP contribution in [-0.2, 0) is 9.53 Å². The summed E-state index contributed by atoms with van der Waals surface area (Å²) in [5.41, 5.74) is 0.746. The van der Waals surface area contributed by atoms with Gasteiger partial charge in [0, 0.05) is 14.6 Å². The quantitative estimate of drug-likeness (QED) is 0.809. The summed E-state index contributed by atoms with van der Waals surface area (Å²) in [6.07, 6.45) is -1.39. The third kappa shape index (κ3) is 3.00. The van der Waals surface area contributed by atoms with E-state index in [0.29, 0.717) is 0 Å². The zero-order valence-corrected chi connectivity index (χ0v) is 12.2. The summed E-state index contributed by atoms with van der Waals surface area (Å²) in [5, 5.41) is 2.97. The molecule has 0 saturated carbocycles. The number of alkyl halides is 2. The van der Waals surface area contributed by atoms with Gasteiger partial charge in [-0.15, -0.1) is 0 Å². The van der Waals surface area contributed by atoms with Crippen LogP contribution in [0.25, 0.3) is 0 Å². The Morgan fingerprint density at radius 2 is 2.17 bits per heavy atom. The zero-order valence-electron chi connectivity index (χ0n) is 9.05. The van der Waals surface area contributed by atoms with Gasteiger partial charge in [0.2, 0.25) is 0 Å². The molecule has 1 aliphatic rings. The SMILES string of the molecule is O=C1OC(CNc2cc(Br)ccc2Br)CC1(F)F. The Bertz CT molecular complexity index is 482. The summed E-state index contributed by atoms with van der Waals surface area (Å²) in [6.45, 7) is 0.149. The molecule has 0 bridgehead atoms. The third-order valence-corrected chi connectivity index (χ3v) is 3.69. The standard InChI is InChI=1S/C11H9Br2F2NO2/c12-6-1-2-8(13)9(3-6)16-5-7-4-11(14,15)10(17)18-7/h1-3,7,16H,4-5H2. The van der Waals surface area contributed by atoms with Gasteiger partial charge < -0.3 is 10.1 Å². The predicted octanol–water partition coefficient (Wildman–Crippen LogP) is 3.57. The maximum absolute atomic E-state index is 12.9. The molecule has 1 atom stereocenters. The molecule has 0 aliphatic carbocycles. The number of halogens is 4. The fourth-order valence-corrected chi connectivity index (χ4v) is 2.37. The number of hydrogen-bond acceptors (Lipinski definition) is 3. The van der Waals surface area contributed by atoms with Gasteiger partial charge in [0.15, 0.2) is 0 Å². The monoisotopic (exact) mass is 383 g/mol. The highest BCUT2D eigenvalue weighted by atomic mass is 79.9. The van der Waals surface area contributed by atoms with Crippen molar-refractivity contribution in [2.75, 3.05) is 11.9 Å². The van der Waals surface area contributed by atoms with Gasteiger partial charge in [-0.2, -0.15) is 8.78 Å². The van der Waals surface area contributed by atoms with E-state index in [1.54, 1.807) is 6.07 Å². The molecule has 0 amide bonds. The molecule has 1 N–H and O–H groups in total. The molecule has 0 spiro atoms. The first-order valence-corrected chi connectivity index (χ1v) is 6.75. The van der Waals surface area contributed by atoms with Crippen molar-refractivity contribution in [2.24, 2.45) is 0 Å². The molecule has 98 valence electrons. The first-order chi connectivity index (χ1) is 8.38.